The zero-order valence-electron chi connectivity index (χ0n) is 15.5. The number of nitrogens with zero attached hydrogens (tertiary/aromatic N) is 1. The minimum Gasteiger partial charge on any atom is -0.457 e. The topological polar surface area (TPSA) is 62.1 Å². The van der Waals surface area contributed by atoms with E-state index >= 15 is 0 Å². The van der Waals surface area contributed by atoms with Gasteiger partial charge in [-0.15, -0.1) is 0 Å². The van der Waals surface area contributed by atoms with Crippen LogP contribution in [0.15, 0.2) is 90.5 Å². The fourth-order valence-corrected chi connectivity index (χ4v) is 2.71. The lowest BCUT2D eigenvalue weighted by Gasteiger charge is -2.13. The number of para-hydroxylation sites is 1. The van der Waals surface area contributed by atoms with Crippen molar-refractivity contribution in [3.05, 3.63) is 102 Å². The molecule has 0 aliphatic rings. The summed E-state index contributed by atoms with van der Waals surface area (Å²) in [4.78, 5) is 12.5. The van der Waals surface area contributed by atoms with Crippen LogP contribution in [0.25, 0.3) is 6.08 Å². The van der Waals surface area contributed by atoms with E-state index in [0.29, 0.717) is 11.3 Å². The number of rotatable bonds is 6. The van der Waals surface area contributed by atoms with Crippen LogP contribution in [-0.2, 0) is 4.79 Å². The van der Waals surface area contributed by atoms with Crippen molar-refractivity contribution in [3.8, 4) is 17.6 Å². The molecule has 0 aliphatic heterocycles. The molecule has 0 aromatic heterocycles. The van der Waals surface area contributed by atoms with E-state index < -0.39 is 5.91 Å². The molecule has 0 spiro atoms. The number of carbonyl (C=O) groups is 1. The summed E-state index contributed by atoms with van der Waals surface area (Å²) in [5.41, 5.74) is 1.73. The summed E-state index contributed by atoms with van der Waals surface area (Å²) >= 11 is 0. The summed E-state index contributed by atoms with van der Waals surface area (Å²) in [6.07, 6.45) is 1.56. The van der Waals surface area contributed by atoms with Crippen LogP contribution in [0.1, 0.15) is 24.1 Å². The predicted molar refractivity (Wildman–Crippen MR) is 110 cm³/mol. The van der Waals surface area contributed by atoms with Crippen LogP contribution >= 0.6 is 0 Å². The average molecular weight is 368 g/mol. The maximum Gasteiger partial charge on any atom is 0.262 e. The van der Waals surface area contributed by atoms with Crippen molar-refractivity contribution < 1.29 is 9.53 Å². The Bertz CT molecular complexity index is 1010. The molecule has 1 amide bonds. The second-order valence-electron chi connectivity index (χ2n) is 6.26. The third kappa shape index (κ3) is 5.09. The Morgan fingerprint density at radius 2 is 1.61 bits per heavy atom. The first-order valence-corrected chi connectivity index (χ1v) is 8.96. The Balaban J connectivity index is 1.74. The third-order valence-corrected chi connectivity index (χ3v) is 4.16. The van der Waals surface area contributed by atoms with E-state index in [-0.39, 0.29) is 11.6 Å². The van der Waals surface area contributed by atoms with Crippen molar-refractivity contribution in [3.63, 3.8) is 0 Å². The number of benzene rings is 3. The zero-order chi connectivity index (χ0) is 19.8. The van der Waals surface area contributed by atoms with Crippen molar-refractivity contribution in [1.29, 1.82) is 5.26 Å². The van der Waals surface area contributed by atoms with Gasteiger partial charge in [0.15, 0.2) is 0 Å². The first-order valence-electron chi connectivity index (χ1n) is 8.96. The lowest BCUT2D eigenvalue weighted by Crippen LogP contribution is -2.27. The predicted octanol–water partition coefficient (Wildman–Crippen LogP) is 5.26. The lowest BCUT2D eigenvalue weighted by molar-refractivity contribution is -0.117. The van der Waals surface area contributed by atoms with E-state index in [1.165, 1.54) is 0 Å². The second kappa shape index (κ2) is 9.20. The minimum atomic E-state index is -0.409. The van der Waals surface area contributed by atoms with E-state index in [2.05, 4.69) is 5.32 Å². The Kier molecular flexibility index (Phi) is 6.22. The molecule has 0 unspecified atom stereocenters. The Hall–Kier alpha value is -3.84. The molecule has 1 N–H and O–H groups in total. The van der Waals surface area contributed by atoms with Gasteiger partial charge in [-0.05, 0) is 48.4 Å². The zero-order valence-corrected chi connectivity index (χ0v) is 15.5. The molecule has 0 saturated carbocycles. The monoisotopic (exact) mass is 368 g/mol. The van der Waals surface area contributed by atoms with E-state index in [9.17, 15) is 10.1 Å². The smallest absolute Gasteiger partial charge is 0.262 e. The quantitative estimate of drug-likeness (QED) is 0.477. The van der Waals surface area contributed by atoms with Crippen molar-refractivity contribution in [2.75, 3.05) is 0 Å². The molecular formula is C24H20N2O2. The van der Waals surface area contributed by atoms with E-state index in [1.54, 1.807) is 12.1 Å². The number of ether oxygens (including phenoxy) is 1. The summed E-state index contributed by atoms with van der Waals surface area (Å²) in [6.45, 7) is 1.89. The van der Waals surface area contributed by atoms with Gasteiger partial charge < -0.3 is 10.1 Å². The molecule has 0 radical (unpaired) electrons. The molecule has 28 heavy (non-hydrogen) atoms. The van der Waals surface area contributed by atoms with Gasteiger partial charge in [-0.2, -0.15) is 5.26 Å². The normalized spacial score (nSPS) is 11.9. The highest BCUT2D eigenvalue weighted by molar-refractivity contribution is 6.01. The molecule has 0 aliphatic carbocycles. The van der Waals surface area contributed by atoms with Crippen LogP contribution in [0.4, 0.5) is 0 Å². The number of hydrogen-bond acceptors (Lipinski definition) is 3. The molecular weight excluding hydrogens is 348 g/mol. The van der Waals surface area contributed by atoms with Crippen LogP contribution in [0.3, 0.4) is 0 Å². The van der Waals surface area contributed by atoms with Gasteiger partial charge in [0.25, 0.3) is 5.91 Å². The van der Waals surface area contributed by atoms with Crippen LogP contribution in [0.2, 0.25) is 0 Å². The highest BCUT2D eigenvalue weighted by atomic mass is 16.5. The number of carbonyl (C=O) groups excluding carboxylic acids is 1. The fraction of sp³-hybridized carbons (Fsp3) is 0.0833. The van der Waals surface area contributed by atoms with Crippen LogP contribution < -0.4 is 10.1 Å². The number of nitrogens with one attached hydrogen (secondary N) is 1. The van der Waals surface area contributed by atoms with Crippen LogP contribution in [0.5, 0.6) is 11.5 Å². The molecule has 4 nitrogen and oxygen atoms in total. The van der Waals surface area contributed by atoms with Crippen molar-refractivity contribution in [2.45, 2.75) is 13.0 Å². The van der Waals surface area contributed by atoms with Gasteiger partial charge in [-0.1, -0.05) is 60.7 Å². The van der Waals surface area contributed by atoms with Gasteiger partial charge in [0.1, 0.15) is 23.1 Å². The molecule has 0 bridgehead atoms. The Morgan fingerprint density at radius 3 is 2.29 bits per heavy atom. The van der Waals surface area contributed by atoms with Gasteiger partial charge in [0.2, 0.25) is 0 Å². The van der Waals surface area contributed by atoms with Crippen molar-refractivity contribution in [1.82, 2.24) is 5.32 Å². The van der Waals surface area contributed by atoms with Gasteiger partial charge in [-0.3, -0.25) is 4.79 Å². The van der Waals surface area contributed by atoms with Crippen molar-refractivity contribution >= 4 is 12.0 Å². The minimum absolute atomic E-state index is 0.0413. The molecule has 3 aromatic carbocycles. The van der Waals surface area contributed by atoms with Crippen LogP contribution in [-0.4, -0.2) is 5.91 Å². The van der Waals surface area contributed by atoms with Gasteiger partial charge >= 0.3 is 0 Å². The van der Waals surface area contributed by atoms with Crippen molar-refractivity contribution in [2.24, 2.45) is 0 Å². The van der Waals surface area contributed by atoms with E-state index in [1.807, 2.05) is 91.9 Å². The van der Waals surface area contributed by atoms with Gasteiger partial charge in [0.05, 0.1) is 6.04 Å². The summed E-state index contributed by atoms with van der Waals surface area (Å²) in [5.74, 6) is 0.946. The molecule has 3 aromatic rings. The highest BCUT2D eigenvalue weighted by Crippen LogP contribution is 2.23. The highest BCUT2D eigenvalue weighted by Gasteiger charge is 2.13. The molecule has 4 heteroatoms. The third-order valence-electron chi connectivity index (χ3n) is 4.16. The summed E-state index contributed by atoms with van der Waals surface area (Å²) in [6, 6.07) is 28.1. The van der Waals surface area contributed by atoms with Gasteiger partial charge in [0, 0.05) is 0 Å². The molecule has 0 saturated heterocycles. The number of amides is 1. The largest absolute Gasteiger partial charge is 0.457 e. The number of nitriles is 1. The first-order chi connectivity index (χ1) is 13.7. The lowest BCUT2D eigenvalue weighted by atomic mass is 10.1. The SMILES string of the molecule is C[C@H](NC(=O)/C(C#N)=C\c1cccc(Oc2ccccc2)c1)c1ccccc1. The Labute approximate surface area is 164 Å². The molecule has 1 atom stereocenters. The summed E-state index contributed by atoms with van der Waals surface area (Å²) in [5, 5.41) is 12.3. The maximum atomic E-state index is 12.5. The van der Waals surface area contributed by atoms with E-state index in [0.717, 1.165) is 11.3 Å². The average Bonchev–Trinajstić information content (AvgIpc) is 2.73. The summed E-state index contributed by atoms with van der Waals surface area (Å²) < 4.78 is 5.80. The standard InChI is InChI=1S/C24H20N2O2/c1-18(20-10-4-2-5-11-20)26-24(27)21(17-25)15-19-9-8-14-23(16-19)28-22-12-6-3-7-13-22/h2-16,18H,1H3,(H,26,27)/b21-15-/t18-/m0/s1. The Morgan fingerprint density at radius 1 is 0.964 bits per heavy atom. The second-order valence-corrected chi connectivity index (χ2v) is 6.26. The van der Waals surface area contributed by atoms with Crippen LogP contribution in [0, 0.1) is 11.3 Å². The number of hydrogen-bond donors (Lipinski definition) is 1. The maximum absolute atomic E-state index is 12.5. The van der Waals surface area contributed by atoms with Gasteiger partial charge in [-0.25, -0.2) is 0 Å². The molecule has 3 rings (SSSR count). The summed E-state index contributed by atoms with van der Waals surface area (Å²) in [7, 11) is 0. The fourth-order valence-electron chi connectivity index (χ4n) is 2.71. The molecule has 0 heterocycles. The first kappa shape index (κ1) is 18.9. The molecule has 0 fully saturated rings. The van der Waals surface area contributed by atoms with E-state index in [4.69, 9.17) is 4.74 Å². The molecule has 138 valence electrons.